The van der Waals surface area contributed by atoms with Gasteiger partial charge in [-0.1, -0.05) is 12.1 Å². The maximum absolute atomic E-state index is 13.4. The molecule has 21 heavy (non-hydrogen) atoms. The molecule has 0 aliphatic carbocycles. The zero-order valence-corrected chi connectivity index (χ0v) is 11.1. The first-order valence-corrected chi connectivity index (χ1v) is 6.49. The fourth-order valence-electron chi connectivity index (χ4n) is 2.32. The molecule has 1 unspecified atom stereocenters. The van der Waals surface area contributed by atoms with Crippen LogP contribution in [-0.4, -0.2) is 13.2 Å². The molecule has 2 aromatic rings. The van der Waals surface area contributed by atoms with Crippen LogP contribution in [0.1, 0.15) is 17.2 Å². The molecule has 4 nitrogen and oxygen atoms in total. The van der Waals surface area contributed by atoms with Gasteiger partial charge in [-0.15, -0.1) is 0 Å². The lowest BCUT2D eigenvalue weighted by Gasteiger charge is -2.22. The van der Waals surface area contributed by atoms with Gasteiger partial charge in [0.1, 0.15) is 13.2 Å². The predicted octanol–water partition coefficient (Wildman–Crippen LogP) is 2.29. The Labute approximate surface area is 120 Å². The van der Waals surface area contributed by atoms with Crippen LogP contribution in [0.5, 0.6) is 11.5 Å². The molecule has 0 amide bonds. The second kappa shape index (κ2) is 5.67. The summed E-state index contributed by atoms with van der Waals surface area (Å²) >= 11 is 0. The maximum Gasteiger partial charge on any atom is 0.161 e. The van der Waals surface area contributed by atoms with Gasteiger partial charge in [0.2, 0.25) is 0 Å². The fraction of sp³-hybridized carbons (Fsp3) is 0.200. The minimum Gasteiger partial charge on any atom is -0.486 e. The number of fused-ring (bicyclic) bond motifs is 1. The quantitative estimate of drug-likeness (QED) is 0.673. The van der Waals surface area contributed by atoms with Gasteiger partial charge in [0.05, 0.1) is 6.04 Å². The first-order chi connectivity index (χ1) is 10.2. The first kappa shape index (κ1) is 13.8. The van der Waals surface area contributed by atoms with Crippen LogP contribution < -0.4 is 20.7 Å². The smallest absolute Gasteiger partial charge is 0.161 e. The van der Waals surface area contributed by atoms with E-state index in [9.17, 15) is 8.78 Å². The van der Waals surface area contributed by atoms with Gasteiger partial charge >= 0.3 is 0 Å². The molecular weight excluding hydrogens is 278 g/mol. The van der Waals surface area contributed by atoms with Crippen molar-refractivity contribution < 1.29 is 18.3 Å². The van der Waals surface area contributed by atoms with Gasteiger partial charge in [-0.2, -0.15) is 0 Å². The Morgan fingerprint density at radius 3 is 2.29 bits per heavy atom. The molecule has 0 fully saturated rings. The second-order valence-electron chi connectivity index (χ2n) is 4.68. The van der Waals surface area contributed by atoms with Gasteiger partial charge in [-0.3, -0.25) is 5.84 Å². The van der Waals surface area contributed by atoms with Crippen LogP contribution in [0, 0.1) is 11.6 Å². The summed E-state index contributed by atoms with van der Waals surface area (Å²) in [5.74, 6) is 5.03. The zero-order chi connectivity index (χ0) is 14.8. The average molecular weight is 292 g/mol. The Kier molecular flexibility index (Phi) is 3.72. The standard InChI is InChI=1S/C15H14F2N2O2/c16-11-3-1-9(7-12(11)17)15(19-18)10-2-4-13-14(8-10)21-6-5-20-13/h1-4,7-8,15,19H,5-6,18H2. The molecule has 3 N–H and O–H groups in total. The van der Waals surface area contributed by atoms with Crippen molar-refractivity contribution in [2.75, 3.05) is 13.2 Å². The number of rotatable bonds is 3. The third-order valence-corrected chi connectivity index (χ3v) is 3.34. The first-order valence-electron chi connectivity index (χ1n) is 6.49. The highest BCUT2D eigenvalue weighted by molar-refractivity contribution is 5.46. The van der Waals surface area contributed by atoms with E-state index in [1.807, 2.05) is 0 Å². The molecule has 0 radical (unpaired) electrons. The third kappa shape index (κ3) is 2.68. The summed E-state index contributed by atoms with van der Waals surface area (Å²) in [6, 6.07) is 8.56. The van der Waals surface area contributed by atoms with Crippen LogP contribution in [0.2, 0.25) is 0 Å². The molecule has 1 aliphatic heterocycles. The lowest BCUT2D eigenvalue weighted by molar-refractivity contribution is 0.171. The average Bonchev–Trinajstić information content (AvgIpc) is 2.51. The number of benzene rings is 2. The Morgan fingerprint density at radius 1 is 0.905 bits per heavy atom. The van der Waals surface area contributed by atoms with Crippen LogP contribution in [0.15, 0.2) is 36.4 Å². The highest BCUT2D eigenvalue weighted by atomic mass is 19.2. The molecule has 6 heteroatoms. The molecule has 0 aromatic heterocycles. The Bertz CT molecular complexity index is 664. The Morgan fingerprint density at radius 2 is 1.57 bits per heavy atom. The minimum absolute atomic E-state index is 0.475. The number of ether oxygens (including phenoxy) is 2. The zero-order valence-electron chi connectivity index (χ0n) is 11.1. The van der Waals surface area contributed by atoms with Crippen molar-refractivity contribution in [1.82, 2.24) is 5.43 Å². The number of nitrogens with two attached hydrogens (primary N) is 1. The number of halogens is 2. The van der Waals surface area contributed by atoms with Crippen LogP contribution >= 0.6 is 0 Å². The molecular formula is C15H14F2N2O2. The number of hydrogen-bond donors (Lipinski definition) is 2. The summed E-state index contributed by atoms with van der Waals surface area (Å²) in [6.07, 6.45) is 0. The second-order valence-corrected chi connectivity index (χ2v) is 4.68. The number of hydrogen-bond acceptors (Lipinski definition) is 4. The van der Waals surface area contributed by atoms with E-state index in [4.69, 9.17) is 15.3 Å². The SMILES string of the molecule is NNC(c1ccc(F)c(F)c1)c1ccc2c(c1)OCCO2. The van der Waals surface area contributed by atoms with Crippen LogP contribution in [0.3, 0.4) is 0 Å². The number of hydrazine groups is 1. The summed E-state index contributed by atoms with van der Waals surface area (Å²) in [4.78, 5) is 0. The van der Waals surface area contributed by atoms with E-state index in [1.165, 1.54) is 6.07 Å². The van der Waals surface area contributed by atoms with Gasteiger partial charge in [-0.05, 0) is 35.4 Å². The van der Waals surface area contributed by atoms with Crippen molar-refractivity contribution in [3.8, 4) is 11.5 Å². The molecule has 0 saturated heterocycles. The van der Waals surface area contributed by atoms with E-state index in [-0.39, 0.29) is 0 Å². The molecule has 1 atom stereocenters. The van der Waals surface area contributed by atoms with Crippen LogP contribution in [0.25, 0.3) is 0 Å². The summed E-state index contributed by atoms with van der Waals surface area (Å²) in [5.41, 5.74) is 3.90. The molecule has 1 heterocycles. The highest BCUT2D eigenvalue weighted by Gasteiger charge is 2.18. The maximum atomic E-state index is 13.4. The molecule has 0 bridgehead atoms. The molecule has 1 aliphatic rings. The van der Waals surface area contributed by atoms with Crippen molar-refractivity contribution in [1.29, 1.82) is 0 Å². The van der Waals surface area contributed by atoms with Gasteiger partial charge in [0.15, 0.2) is 23.1 Å². The lowest BCUT2D eigenvalue weighted by atomic mass is 9.98. The molecule has 0 spiro atoms. The van der Waals surface area contributed by atoms with Crippen LogP contribution in [-0.2, 0) is 0 Å². The molecule has 0 saturated carbocycles. The summed E-state index contributed by atoms with van der Waals surface area (Å²) in [7, 11) is 0. The molecule has 2 aromatic carbocycles. The minimum atomic E-state index is -0.912. The van der Waals surface area contributed by atoms with Gasteiger partial charge in [-0.25, -0.2) is 14.2 Å². The number of nitrogens with one attached hydrogen (secondary N) is 1. The predicted molar refractivity (Wildman–Crippen MR) is 73.0 cm³/mol. The van der Waals surface area contributed by atoms with E-state index < -0.39 is 17.7 Å². The van der Waals surface area contributed by atoms with E-state index >= 15 is 0 Å². The van der Waals surface area contributed by atoms with E-state index in [0.29, 0.717) is 30.3 Å². The van der Waals surface area contributed by atoms with Gasteiger partial charge in [0, 0.05) is 0 Å². The van der Waals surface area contributed by atoms with Crippen molar-refractivity contribution in [3.63, 3.8) is 0 Å². The molecule has 110 valence electrons. The van der Waals surface area contributed by atoms with Gasteiger partial charge < -0.3 is 9.47 Å². The van der Waals surface area contributed by atoms with Gasteiger partial charge in [0.25, 0.3) is 0 Å². The Balaban J connectivity index is 1.97. The van der Waals surface area contributed by atoms with E-state index in [0.717, 1.165) is 17.7 Å². The van der Waals surface area contributed by atoms with Crippen molar-refractivity contribution >= 4 is 0 Å². The monoisotopic (exact) mass is 292 g/mol. The van der Waals surface area contributed by atoms with Crippen molar-refractivity contribution in [2.45, 2.75) is 6.04 Å². The normalized spacial score (nSPS) is 14.8. The van der Waals surface area contributed by atoms with Crippen molar-refractivity contribution in [3.05, 3.63) is 59.2 Å². The largest absolute Gasteiger partial charge is 0.486 e. The fourth-order valence-corrected chi connectivity index (χ4v) is 2.32. The Hall–Kier alpha value is -2.18. The van der Waals surface area contributed by atoms with Crippen molar-refractivity contribution in [2.24, 2.45) is 5.84 Å². The third-order valence-electron chi connectivity index (χ3n) is 3.34. The summed E-state index contributed by atoms with van der Waals surface area (Å²) in [6.45, 7) is 0.983. The topological polar surface area (TPSA) is 56.5 Å². The summed E-state index contributed by atoms with van der Waals surface area (Å²) < 4.78 is 37.4. The van der Waals surface area contributed by atoms with E-state index in [1.54, 1.807) is 18.2 Å². The highest BCUT2D eigenvalue weighted by Crippen LogP contribution is 2.34. The van der Waals surface area contributed by atoms with E-state index in [2.05, 4.69) is 5.43 Å². The molecule has 3 rings (SSSR count). The lowest BCUT2D eigenvalue weighted by Crippen LogP contribution is -2.29. The summed E-state index contributed by atoms with van der Waals surface area (Å²) in [5, 5.41) is 0. The van der Waals surface area contributed by atoms with Crippen LogP contribution in [0.4, 0.5) is 8.78 Å².